The zero-order chi connectivity index (χ0) is 20.3. The third kappa shape index (κ3) is 3.75. The van der Waals surface area contributed by atoms with Crippen LogP contribution in [0.2, 0.25) is 0 Å². The lowest BCUT2D eigenvalue weighted by Gasteiger charge is -2.20. The highest BCUT2D eigenvalue weighted by atomic mass is 32.2. The van der Waals surface area contributed by atoms with Crippen molar-refractivity contribution in [1.29, 1.82) is 5.41 Å². The van der Waals surface area contributed by atoms with E-state index in [1.54, 1.807) is 18.2 Å². The van der Waals surface area contributed by atoms with Crippen LogP contribution in [-0.2, 0) is 4.79 Å². The smallest absolute Gasteiger partial charge is 0.283 e. The van der Waals surface area contributed by atoms with Crippen LogP contribution in [-0.4, -0.2) is 48.3 Å². The van der Waals surface area contributed by atoms with Crippen LogP contribution in [0.3, 0.4) is 0 Å². The van der Waals surface area contributed by atoms with Crippen molar-refractivity contribution >= 4 is 39.8 Å². The van der Waals surface area contributed by atoms with Crippen molar-refractivity contribution in [3.05, 3.63) is 23.3 Å². The minimum absolute atomic E-state index is 0.00255. The molecule has 0 saturated heterocycles. The number of carbonyl (C=O) groups excluding carboxylic acids is 1. The molecule has 2 aliphatic heterocycles. The van der Waals surface area contributed by atoms with E-state index in [0.717, 1.165) is 24.3 Å². The Balaban J connectivity index is 1.96. The molecule has 2 heterocycles. The van der Waals surface area contributed by atoms with E-state index in [4.69, 9.17) is 19.6 Å². The van der Waals surface area contributed by atoms with E-state index < -0.39 is 5.91 Å². The van der Waals surface area contributed by atoms with Gasteiger partial charge in [0.1, 0.15) is 5.04 Å². The van der Waals surface area contributed by atoms with E-state index >= 15 is 0 Å². The fraction of sp³-hybridized carbons (Fsp3) is 0.368. The third-order valence-corrected chi connectivity index (χ3v) is 5.21. The number of hydrogen-bond acceptors (Lipinski definition) is 7. The van der Waals surface area contributed by atoms with Crippen molar-refractivity contribution in [3.8, 4) is 17.2 Å². The minimum Gasteiger partial charge on any atom is -0.493 e. The van der Waals surface area contributed by atoms with Gasteiger partial charge < -0.3 is 14.2 Å². The number of rotatable bonds is 7. The van der Waals surface area contributed by atoms with Gasteiger partial charge in [-0.05, 0) is 48.4 Å². The lowest BCUT2D eigenvalue weighted by molar-refractivity contribution is -0.114. The molecular weight excluding hydrogens is 380 g/mol. The summed E-state index contributed by atoms with van der Waals surface area (Å²) in [6.45, 7) is 2.11. The number of thioether (sulfide) groups is 1. The van der Waals surface area contributed by atoms with Crippen molar-refractivity contribution in [3.63, 3.8) is 0 Å². The highest BCUT2D eigenvalue weighted by Crippen LogP contribution is 2.39. The van der Waals surface area contributed by atoms with Gasteiger partial charge in [0.05, 0.1) is 26.9 Å². The number of aliphatic imine (C=N–C) groups is 1. The Morgan fingerprint density at radius 2 is 1.86 bits per heavy atom. The molecule has 0 radical (unpaired) electrons. The quantitative estimate of drug-likeness (QED) is 0.701. The van der Waals surface area contributed by atoms with Crippen LogP contribution in [0.5, 0.6) is 17.2 Å². The summed E-state index contributed by atoms with van der Waals surface area (Å²) in [6.07, 6.45) is 4.45. The molecule has 0 bridgehead atoms. The largest absolute Gasteiger partial charge is 0.493 e. The van der Waals surface area contributed by atoms with Gasteiger partial charge in [-0.2, -0.15) is 15.1 Å². The number of nitrogens with one attached hydrogen (secondary N) is 1. The van der Waals surface area contributed by atoms with Gasteiger partial charge in [0.2, 0.25) is 10.9 Å². The van der Waals surface area contributed by atoms with Crippen molar-refractivity contribution in [2.24, 2.45) is 10.1 Å². The summed E-state index contributed by atoms with van der Waals surface area (Å²) >= 11 is 1.35. The lowest BCUT2D eigenvalue weighted by Crippen LogP contribution is -2.35. The number of amidine groups is 2. The van der Waals surface area contributed by atoms with Gasteiger partial charge in [-0.25, -0.2) is 0 Å². The Hall–Kier alpha value is -2.81. The molecule has 1 amide bonds. The second kappa shape index (κ2) is 8.47. The van der Waals surface area contributed by atoms with E-state index in [0.29, 0.717) is 28.0 Å². The van der Waals surface area contributed by atoms with Gasteiger partial charge in [-0.3, -0.25) is 10.2 Å². The first-order chi connectivity index (χ1) is 13.5. The maximum atomic E-state index is 12.5. The second-order valence-corrected chi connectivity index (χ2v) is 7.12. The van der Waals surface area contributed by atoms with Crippen LogP contribution < -0.4 is 14.2 Å². The van der Waals surface area contributed by atoms with Gasteiger partial charge in [-0.1, -0.05) is 13.3 Å². The number of unbranched alkanes of at least 4 members (excludes halogenated alkanes) is 1. The van der Waals surface area contributed by atoms with Crippen LogP contribution in [0.15, 0.2) is 27.8 Å². The highest BCUT2D eigenvalue weighted by molar-refractivity contribution is 8.26. The van der Waals surface area contributed by atoms with Gasteiger partial charge in [0.25, 0.3) is 5.91 Å². The Labute approximate surface area is 167 Å². The van der Waals surface area contributed by atoms with Crippen molar-refractivity contribution < 1.29 is 19.0 Å². The molecule has 1 aromatic carbocycles. The third-order valence-electron chi connectivity index (χ3n) is 4.24. The maximum Gasteiger partial charge on any atom is 0.283 e. The van der Waals surface area contributed by atoms with Gasteiger partial charge in [-0.15, -0.1) is 0 Å². The van der Waals surface area contributed by atoms with Crippen molar-refractivity contribution in [1.82, 2.24) is 5.01 Å². The molecule has 0 aliphatic carbocycles. The molecule has 0 atom stereocenters. The zero-order valence-electron chi connectivity index (χ0n) is 16.2. The lowest BCUT2D eigenvalue weighted by atomic mass is 10.1. The first kappa shape index (κ1) is 19.9. The predicted molar refractivity (Wildman–Crippen MR) is 111 cm³/mol. The summed E-state index contributed by atoms with van der Waals surface area (Å²) in [7, 11) is 4.56. The summed E-state index contributed by atoms with van der Waals surface area (Å²) in [5.41, 5.74) is 0.780. The van der Waals surface area contributed by atoms with E-state index in [1.807, 2.05) is 0 Å². The molecule has 0 spiro atoms. The maximum absolute atomic E-state index is 12.5. The molecule has 9 heteroatoms. The van der Waals surface area contributed by atoms with Crippen molar-refractivity contribution in [2.75, 3.05) is 21.3 Å². The number of nitrogens with zero attached hydrogens (tertiary/aromatic N) is 3. The van der Waals surface area contributed by atoms with Gasteiger partial charge in [0, 0.05) is 0 Å². The molecule has 8 nitrogen and oxygen atoms in total. The number of amides is 1. The first-order valence-electron chi connectivity index (χ1n) is 8.81. The van der Waals surface area contributed by atoms with E-state index in [1.165, 1.54) is 38.1 Å². The van der Waals surface area contributed by atoms with Crippen LogP contribution in [0, 0.1) is 5.41 Å². The number of hydrogen-bond donors (Lipinski definition) is 1. The number of hydrazone groups is 1. The Bertz CT molecular complexity index is 882. The fourth-order valence-corrected chi connectivity index (χ4v) is 3.74. The monoisotopic (exact) mass is 402 g/mol. The molecule has 1 N–H and O–H groups in total. The standard InChI is InChI=1S/C19H22N4O4S/c1-5-6-7-15-22-23-17(20)12(18(24)21-19(23)28-15)8-11-9-13(25-2)16(27-4)14(10-11)26-3/h8-10,20H,5-7H2,1-4H3/b12-8-,20-17?. The normalized spacial score (nSPS) is 17.4. The molecule has 3 rings (SSSR count). The summed E-state index contributed by atoms with van der Waals surface area (Å²) in [5, 5.41) is 15.6. The molecule has 0 aromatic heterocycles. The van der Waals surface area contributed by atoms with Crippen LogP contribution >= 0.6 is 11.8 Å². The van der Waals surface area contributed by atoms with Crippen LogP contribution in [0.25, 0.3) is 6.08 Å². The minimum atomic E-state index is -0.468. The van der Waals surface area contributed by atoms with Gasteiger partial charge >= 0.3 is 0 Å². The van der Waals surface area contributed by atoms with E-state index in [-0.39, 0.29) is 11.4 Å². The molecular formula is C19H22N4O4S. The topological polar surface area (TPSA) is 96.6 Å². The Morgan fingerprint density at radius 3 is 2.43 bits per heavy atom. The molecule has 2 aliphatic rings. The molecule has 148 valence electrons. The molecule has 0 fully saturated rings. The summed E-state index contributed by atoms with van der Waals surface area (Å²) in [5.74, 6) is 0.916. The average Bonchev–Trinajstić information content (AvgIpc) is 3.11. The number of carbonyl (C=O) groups is 1. The SMILES string of the molecule is CCCCC1=NN2C(=N)/C(=C/c3cc(OC)c(OC)c(OC)c3)C(=O)N=C2S1. The van der Waals surface area contributed by atoms with E-state index in [2.05, 4.69) is 17.0 Å². The summed E-state index contributed by atoms with van der Waals surface area (Å²) in [4.78, 5) is 16.6. The zero-order valence-corrected chi connectivity index (χ0v) is 17.1. The first-order valence-corrected chi connectivity index (χ1v) is 9.63. The summed E-state index contributed by atoms with van der Waals surface area (Å²) in [6, 6.07) is 3.42. The Morgan fingerprint density at radius 1 is 1.18 bits per heavy atom. The number of methoxy groups -OCH3 is 3. The number of fused-ring (bicyclic) bond motifs is 1. The number of benzene rings is 1. The summed E-state index contributed by atoms with van der Waals surface area (Å²) < 4.78 is 16.0. The van der Waals surface area contributed by atoms with Crippen molar-refractivity contribution in [2.45, 2.75) is 26.2 Å². The molecule has 1 aromatic rings. The average molecular weight is 402 g/mol. The second-order valence-electron chi connectivity index (χ2n) is 6.08. The molecule has 0 unspecified atom stereocenters. The van der Waals surface area contributed by atoms with E-state index in [9.17, 15) is 4.79 Å². The van der Waals surface area contributed by atoms with Crippen LogP contribution in [0.4, 0.5) is 0 Å². The predicted octanol–water partition coefficient (Wildman–Crippen LogP) is 3.52. The Kier molecular flexibility index (Phi) is 6.03. The molecule has 28 heavy (non-hydrogen) atoms. The van der Waals surface area contributed by atoms with Gasteiger partial charge in [0.15, 0.2) is 17.3 Å². The van der Waals surface area contributed by atoms with Crippen LogP contribution in [0.1, 0.15) is 31.7 Å². The highest BCUT2D eigenvalue weighted by Gasteiger charge is 2.35. The number of ether oxygens (including phenoxy) is 3. The fourth-order valence-electron chi connectivity index (χ4n) is 2.81. The molecule has 0 saturated carbocycles.